The zero-order valence-corrected chi connectivity index (χ0v) is 19.8. The summed E-state index contributed by atoms with van der Waals surface area (Å²) < 4.78 is 1.18. The lowest BCUT2D eigenvalue weighted by Gasteiger charge is -2.30. The molecule has 0 amide bonds. The average Bonchev–Trinajstić information content (AvgIpc) is 2.78. The van der Waals surface area contributed by atoms with Crippen LogP contribution in [0.15, 0.2) is 59.1 Å². The maximum absolute atomic E-state index is 4.79. The Hall–Kier alpha value is -2.44. The predicted molar refractivity (Wildman–Crippen MR) is 135 cm³/mol. The maximum atomic E-state index is 4.79. The van der Waals surface area contributed by atoms with Gasteiger partial charge in [-0.05, 0) is 49.5 Å². The Bertz CT molecular complexity index is 1030. The number of fused-ring (bicyclic) bond motifs is 1. The van der Waals surface area contributed by atoms with E-state index < -0.39 is 0 Å². The van der Waals surface area contributed by atoms with Crippen LogP contribution in [0.4, 0.5) is 11.8 Å². The number of nitrogens with zero attached hydrogens (tertiary/aromatic N) is 3. The van der Waals surface area contributed by atoms with E-state index in [1.165, 1.54) is 10.0 Å². The van der Waals surface area contributed by atoms with Crippen molar-refractivity contribution in [1.82, 2.24) is 15.3 Å². The van der Waals surface area contributed by atoms with Crippen LogP contribution in [0.3, 0.4) is 0 Å². The molecule has 0 unspecified atom stereocenters. The largest absolute Gasteiger partial charge is 0.362 e. The second kappa shape index (κ2) is 10.2. The van der Waals surface area contributed by atoms with Gasteiger partial charge < -0.3 is 15.5 Å². The van der Waals surface area contributed by atoms with E-state index in [0.29, 0.717) is 12.1 Å². The van der Waals surface area contributed by atoms with Crippen molar-refractivity contribution in [3.05, 3.63) is 64.6 Å². The summed E-state index contributed by atoms with van der Waals surface area (Å²) in [7, 11) is 4.06. The smallest absolute Gasteiger partial charge is 0.225 e. The van der Waals surface area contributed by atoms with Crippen LogP contribution < -0.4 is 15.5 Å². The monoisotopic (exact) mass is 479 g/mol. The Balaban J connectivity index is 1.31. The van der Waals surface area contributed by atoms with Crippen molar-refractivity contribution in [3.8, 4) is 0 Å². The molecule has 0 spiro atoms. The number of para-hydroxylation sites is 1. The molecule has 2 N–H and O–H groups in total. The fourth-order valence-corrected chi connectivity index (χ4v) is 4.54. The van der Waals surface area contributed by atoms with Crippen molar-refractivity contribution in [2.24, 2.45) is 0 Å². The third kappa shape index (κ3) is 5.83. The maximum Gasteiger partial charge on any atom is 0.225 e. The van der Waals surface area contributed by atoms with Crippen molar-refractivity contribution in [2.75, 3.05) is 30.9 Å². The molecule has 1 aliphatic carbocycles. The fraction of sp³-hybridized carbons (Fsp3) is 0.360. The molecule has 1 heterocycles. The summed E-state index contributed by atoms with van der Waals surface area (Å²) in [6.07, 6.45) is 6.71. The number of halogens is 1. The zero-order chi connectivity index (χ0) is 21.6. The van der Waals surface area contributed by atoms with Gasteiger partial charge >= 0.3 is 0 Å². The summed E-state index contributed by atoms with van der Waals surface area (Å²) in [6.45, 7) is 0.859. The lowest BCUT2D eigenvalue weighted by molar-refractivity contribution is 0.362. The molecule has 1 fully saturated rings. The molecular weight excluding hydrogens is 450 g/mol. The van der Waals surface area contributed by atoms with Crippen LogP contribution >= 0.6 is 15.9 Å². The molecule has 5 nitrogen and oxygen atoms in total. The number of aromatic nitrogens is 2. The molecule has 6 heteroatoms. The third-order valence-electron chi connectivity index (χ3n) is 5.75. The molecule has 1 aromatic heterocycles. The van der Waals surface area contributed by atoms with Crippen LogP contribution in [0.1, 0.15) is 31.2 Å². The van der Waals surface area contributed by atoms with E-state index >= 15 is 0 Å². The molecule has 3 aromatic rings. The van der Waals surface area contributed by atoms with Crippen LogP contribution in [-0.2, 0) is 0 Å². The highest BCUT2D eigenvalue weighted by molar-refractivity contribution is 9.11. The highest BCUT2D eigenvalue weighted by Gasteiger charge is 2.22. The number of anilines is 2. The third-order valence-corrected chi connectivity index (χ3v) is 6.26. The van der Waals surface area contributed by atoms with Crippen molar-refractivity contribution >= 4 is 44.7 Å². The molecule has 0 radical (unpaired) electrons. The Kier molecular flexibility index (Phi) is 7.20. The summed E-state index contributed by atoms with van der Waals surface area (Å²) in [5.74, 6) is 1.69. The minimum absolute atomic E-state index is 0.414. The van der Waals surface area contributed by atoms with Gasteiger partial charge in [0, 0.05) is 42.6 Å². The normalized spacial score (nSPS) is 19.4. The second-order valence-corrected chi connectivity index (χ2v) is 9.38. The van der Waals surface area contributed by atoms with Gasteiger partial charge in [0.2, 0.25) is 5.95 Å². The summed E-state index contributed by atoms with van der Waals surface area (Å²) in [5, 5.41) is 8.37. The van der Waals surface area contributed by atoms with E-state index in [4.69, 9.17) is 9.97 Å². The topological polar surface area (TPSA) is 53.1 Å². The predicted octanol–water partition coefficient (Wildman–Crippen LogP) is 5.44. The molecule has 2 aromatic carbocycles. The van der Waals surface area contributed by atoms with Crippen LogP contribution in [0.2, 0.25) is 0 Å². The first-order valence-electron chi connectivity index (χ1n) is 10.9. The van der Waals surface area contributed by atoms with Crippen molar-refractivity contribution in [1.29, 1.82) is 0 Å². The number of nitrogens with one attached hydrogen (secondary N) is 2. The van der Waals surface area contributed by atoms with Gasteiger partial charge in [0.05, 0.1) is 5.52 Å². The van der Waals surface area contributed by atoms with Gasteiger partial charge in [0.15, 0.2) is 0 Å². The molecule has 0 atom stereocenters. The number of hydrogen-bond donors (Lipinski definition) is 2. The van der Waals surface area contributed by atoms with Crippen molar-refractivity contribution in [2.45, 2.75) is 37.8 Å². The first-order valence-corrected chi connectivity index (χ1v) is 11.7. The first-order chi connectivity index (χ1) is 15.1. The van der Waals surface area contributed by atoms with Crippen LogP contribution in [0.25, 0.3) is 17.0 Å². The quantitative estimate of drug-likeness (QED) is 0.472. The standard InChI is InChI=1S/C25H30BrN5/c1-31(2)24-22-10-6-7-11-23(22)29-25(30-24)28-21-14-12-20(13-15-21)27-17-19(26)16-18-8-4-3-5-9-18/h3-11,16,20-21,27H,12-15,17H2,1-2H3,(H,28,29,30)/b19-16-/t20-,21+. The van der Waals surface area contributed by atoms with Gasteiger partial charge in [0.25, 0.3) is 0 Å². The minimum Gasteiger partial charge on any atom is -0.362 e. The van der Waals surface area contributed by atoms with Gasteiger partial charge in [-0.1, -0.05) is 58.4 Å². The molecule has 1 aliphatic rings. The molecule has 162 valence electrons. The summed E-state index contributed by atoms with van der Waals surface area (Å²) in [6, 6.07) is 19.6. The summed E-state index contributed by atoms with van der Waals surface area (Å²) >= 11 is 3.70. The number of rotatable bonds is 7. The SMILES string of the molecule is CN(C)c1nc(N[C@H]2CC[C@@H](NC/C(Br)=C/c3ccccc3)CC2)nc2ccccc12. The van der Waals surface area contributed by atoms with E-state index in [0.717, 1.165) is 54.9 Å². The van der Waals surface area contributed by atoms with E-state index in [1.54, 1.807) is 0 Å². The molecule has 31 heavy (non-hydrogen) atoms. The van der Waals surface area contributed by atoms with E-state index in [9.17, 15) is 0 Å². The van der Waals surface area contributed by atoms with Gasteiger partial charge in [-0.3, -0.25) is 0 Å². The van der Waals surface area contributed by atoms with Crippen LogP contribution in [-0.4, -0.2) is 42.7 Å². The van der Waals surface area contributed by atoms with Crippen molar-refractivity contribution < 1.29 is 0 Å². The zero-order valence-electron chi connectivity index (χ0n) is 18.2. The molecule has 0 bridgehead atoms. The van der Waals surface area contributed by atoms with Gasteiger partial charge in [0.1, 0.15) is 5.82 Å². The molecule has 1 saturated carbocycles. The number of benzene rings is 2. The Morgan fingerprint density at radius 2 is 1.65 bits per heavy atom. The lowest BCUT2D eigenvalue weighted by Crippen LogP contribution is -2.37. The average molecular weight is 480 g/mol. The highest BCUT2D eigenvalue weighted by Crippen LogP contribution is 2.26. The Morgan fingerprint density at radius 1 is 0.968 bits per heavy atom. The van der Waals surface area contributed by atoms with Gasteiger partial charge in [-0.15, -0.1) is 0 Å². The lowest BCUT2D eigenvalue weighted by atomic mass is 9.91. The van der Waals surface area contributed by atoms with Crippen molar-refractivity contribution in [3.63, 3.8) is 0 Å². The number of hydrogen-bond acceptors (Lipinski definition) is 5. The fourth-order valence-electron chi connectivity index (χ4n) is 4.11. The molecule has 4 rings (SSSR count). The van der Waals surface area contributed by atoms with E-state index in [2.05, 4.69) is 73.9 Å². The first kappa shape index (κ1) is 21.8. The molecule has 0 saturated heterocycles. The van der Waals surface area contributed by atoms with Gasteiger partial charge in [-0.2, -0.15) is 4.98 Å². The van der Waals surface area contributed by atoms with Crippen LogP contribution in [0.5, 0.6) is 0 Å². The van der Waals surface area contributed by atoms with E-state index in [-0.39, 0.29) is 0 Å². The molecule has 0 aliphatic heterocycles. The van der Waals surface area contributed by atoms with Crippen LogP contribution in [0, 0.1) is 0 Å². The van der Waals surface area contributed by atoms with E-state index in [1.807, 2.05) is 32.3 Å². The Labute approximate surface area is 193 Å². The summed E-state index contributed by atoms with van der Waals surface area (Å²) in [5.41, 5.74) is 2.20. The van der Waals surface area contributed by atoms with Gasteiger partial charge in [-0.25, -0.2) is 4.98 Å². The summed E-state index contributed by atoms with van der Waals surface area (Å²) in [4.78, 5) is 11.6. The Morgan fingerprint density at radius 3 is 2.39 bits per heavy atom. The molecular formula is C25H30BrN5. The second-order valence-electron chi connectivity index (χ2n) is 8.36. The highest BCUT2D eigenvalue weighted by atomic mass is 79.9. The minimum atomic E-state index is 0.414.